The van der Waals surface area contributed by atoms with Gasteiger partial charge in [-0.3, -0.25) is 9.48 Å². The number of aryl methyl sites for hydroxylation is 2. The van der Waals surface area contributed by atoms with E-state index in [-0.39, 0.29) is 11.9 Å². The summed E-state index contributed by atoms with van der Waals surface area (Å²) in [6.45, 7) is 8.21. The van der Waals surface area contributed by atoms with Crippen LogP contribution < -0.4 is 10.2 Å². The molecule has 1 fully saturated rings. The predicted octanol–water partition coefficient (Wildman–Crippen LogP) is 2.39. The first-order valence-corrected chi connectivity index (χ1v) is 8.96. The van der Waals surface area contributed by atoms with E-state index in [1.54, 1.807) is 6.20 Å². The van der Waals surface area contributed by atoms with Gasteiger partial charge in [0, 0.05) is 38.1 Å². The molecule has 25 heavy (non-hydrogen) atoms. The van der Waals surface area contributed by atoms with Crippen LogP contribution >= 0.6 is 0 Å². The highest BCUT2D eigenvalue weighted by Gasteiger charge is 2.17. The van der Waals surface area contributed by atoms with Gasteiger partial charge >= 0.3 is 0 Å². The maximum Gasteiger partial charge on any atom is 0.253 e. The normalized spacial score (nSPS) is 15.4. The molecule has 2 aromatic rings. The third-order valence-corrected chi connectivity index (χ3v) is 4.99. The topological polar surface area (TPSA) is 63.1 Å². The molecule has 1 aliphatic rings. The Morgan fingerprint density at radius 3 is 2.56 bits per heavy atom. The minimum atomic E-state index is -0.0767. The third kappa shape index (κ3) is 3.83. The molecular formula is C19H27N5O. The highest BCUT2D eigenvalue weighted by Crippen LogP contribution is 2.18. The van der Waals surface area contributed by atoms with E-state index in [9.17, 15) is 4.79 Å². The van der Waals surface area contributed by atoms with E-state index >= 15 is 0 Å². The molecule has 6 heteroatoms. The van der Waals surface area contributed by atoms with E-state index in [0.29, 0.717) is 5.56 Å². The molecule has 1 aliphatic heterocycles. The van der Waals surface area contributed by atoms with Crippen molar-refractivity contribution in [2.75, 3.05) is 18.0 Å². The van der Waals surface area contributed by atoms with Gasteiger partial charge in [0.25, 0.3) is 5.91 Å². The number of anilines is 1. The number of pyridine rings is 1. The Morgan fingerprint density at radius 2 is 2.00 bits per heavy atom. The van der Waals surface area contributed by atoms with Crippen LogP contribution in [0, 0.1) is 13.8 Å². The van der Waals surface area contributed by atoms with Crippen molar-refractivity contribution >= 4 is 11.7 Å². The number of aromatic nitrogens is 3. The van der Waals surface area contributed by atoms with Gasteiger partial charge in [-0.05, 0) is 57.7 Å². The monoisotopic (exact) mass is 341 g/mol. The largest absolute Gasteiger partial charge is 0.357 e. The summed E-state index contributed by atoms with van der Waals surface area (Å²) >= 11 is 0. The molecule has 134 valence electrons. The van der Waals surface area contributed by atoms with Crippen molar-refractivity contribution in [1.82, 2.24) is 20.1 Å². The van der Waals surface area contributed by atoms with Crippen LogP contribution in [0.5, 0.6) is 0 Å². The molecule has 2 aromatic heterocycles. The molecular weight excluding hydrogens is 314 g/mol. The maximum absolute atomic E-state index is 12.5. The van der Waals surface area contributed by atoms with Gasteiger partial charge < -0.3 is 10.2 Å². The number of nitrogens with zero attached hydrogens (tertiary/aromatic N) is 4. The SMILES string of the molecule is Cc1nn(C)c(C)c1CC(C)NC(=O)c1ccc(N2CCCC2)nc1. The van der Waals surface area contributed by atoms with Crippen LogP contribution in [0.2, 0.25) is 0 Å². The quantitative estimate of drug-likeness (QED) is 0.907. The minimum Gasteiger partial charge on any atom is -0.357 e. The van der Waals surface area contributed by atoms with Crippen LogP contribution in [0.25, 0.3) is 0 Å². The zero-order valence-corrected chi connectivity index (χ0v) is 15.5. The van der Waals surface area contributed by atoms with Gasteiger partial charge in [-0.25, -0.2) is 4.98 Å². The number of amides is 1. The summed E-state index contributed by atoms with van der Waals surface area (Å²) in [6, 6.07) is 3.84. The molecule has 0 radical (unpaired) electrons. The molecule has 0 saturated carbocycles. The van der Waals surface area contributed by atoms with Crippen molar-refractivity contribution in [3.05, 3.63) is 40.8 Å². The summed E-state index contributed by atoms with van der Waals surface area (Å²) in [6.07, 6.45) is 4.88. The third-order valence-electron chi connectivity index (χ3n) is 4.99. The molecule has 1 N–H and O–H groups in total. The van der Waals surface area contributed by atoms with Crippen molar-refractivity contribution in [3.8, 4) is 0 Å². The molecule has 0 aliphatic carbocycles. The van der Waals surface area contributed by atoms with Gasteiger partial charge in [-0.2, -0.15) is 5.10 Å². The lowest BCUT2D eigenvalue weighted by Gasteiger charge is -2.17. The smallest absolute Gasteiger partial charge is 0.253 e. The van der Waals surface area contributed by atoms with E-state index in [1.165, 1.54) is 18.4 Å². The fourth-order valence-corrected chi connectivity index (χ4v) is 3.43. The van der Waals surface area contributed by atoms with Gasteiger partial charge in [0.2, 0.25) is 0 Å². The molecule has 6 nitrogen and oxygen atoms in total. The van der Waals surface area contributed by atoms with E-state index in [1.807, 2.05) is 37.7 Å². The summed E-state index contributed by atoms with van der Waals surface area (Å²) in [5.41, 5.74) is 3.99. The number of hydrogen-bond donors (Lipinski definition) is 1. The van der Waals surface area contributed by atoms with Gasteiger partial charge in [0.15, 0.2) is 0 Å². The van der Waals surface area contributed by atoms with Crippen LogP contribution in [0.15, 0.2) is 18.3 Å². The lowest BCUT2D eigenvalue weighted by atomic mass is 10.0. The second kappa shape index (κ2) is 7.25. The van der Waals surface area contributed by atoms with Crippen LogP contribution in [0.3, 0.4) is 0 Å². The predicted molar refractivity (Wildman–Crippen MR) is 99.0 cm³/mol. The van der Waals surface area contributed by atoms with Crippen molar-refractivity contribution in [3.63, 3.8) is 0 Å². The summed E-state index contributed by atoms with van der Waals surface area (Å²) in [5.74, 6) is 0.885. The number of nitrogens with one attached hydrogen (secondary N) is 1. The van der Waals surface area contributed by atoms with Gasteiger partial charge in [-0.1, -0.05) is 0 Å². The molecule has 1 saturated heterocycles. The Kier molecular flexibility index (Phi) is 5.06. The van der Waals surface area contributed by atoms with Crippen LogP contribution in [0.4, 0.5) is 5.82 Å². The zero-order chi connectivity index (χ0) is 18.0. The molecule has 3 rings (SSSR count). The minimum absolute atomic E-state index is 0.0346. The number of rotatable bonds is 5. The highest BCUT2D eigenvalue weighted by atomic mass is 16.1. The van der Waals surface area contributed by atoms with E-state index in [0.717, 1.165) is 36.7 Å². The molecule has 0 spiro atoms. The lowest BCUT2D eigenvalue weighted by Crippen LogP contribution is -2.34. The van der Waals surface area contributed by atoms with Crippen LogP contribution in [0.1, 0.15) is 47.1 Å². The Hall–Kier alpha value is -2.37. The average Bonchev–Trinajstić information content (AvgIpc) is 3.20. The molecule has 1 atom stereocenters. The second-order valence-electron chi connectivity index (χ2n) is 6.95. The first-order chi connectivity index (χ1) is 12.0. The standard InChI is InChI=1S/C19H27N5O/c1-13(11-17-14(2)22-23(4)15(17)3)21-19(25)16-7-8-18(20-12-16)24-9-5-6-10-24/h7-8,12-13H,5-6,9-11H2,1-4H3,(H,21,25). The number of carbonyl (C=O) groups is 1. The van der Waals surface area contributed by atoms with Crippen LogP contribution in [-0.4, -0.2) is 39.8 Å². The van der Waals surface area contributed by atoms with Gasteiger partial charge in [-0.15, -0.1) is 0 Å². The maximum atomic E-state index is 12.5. The van der Waals surface area contributed by atoms with E-state index in [4.69, 9.17) is 0 Å². The van der Waals surface area contributed by atoms with Crippen molar-refractivity contribution in [1.29, 1.82) is 0 Å². The first-order valence-electron chi connectivity index (χ1n) is 8.96. The van der Waals surface area contributed by atoms with Gasteiger partial charge in [0.05, 0.1) is 11.3 Å². The van der Waals surface area contributed by atoms with E-state index < -0.39 is 0 Å². The molecule has 3 heterocycles. The fourth-order valence-electron chi connectivity index (χ4n) is 3.43. The summed E-state index contributed by atoms with van der Waals surface area (Å²) < 4.78 is 1.89. The highest BCUT2D eigenvalue weighted by molar-refractivity contribution is 5.94. The molecule has 1 unspecified atom stereocenters. The Balaban J connectivity index is 1.61. The summed E-state index contributed by atoms with van der Waals surface area (Å²) in [4.78, 5) is 19.2. The fraction of sp³-hybridized carbons (Fsp3) is 0.526. The zero-order valence-electron chi connectivity index (χ0n) is 15.5. The first kappa shape index (κ1) is 17.5. The summed E-state index contributed by atoms with van der Waals surface area (Å²) in [7, 11) is 1.95. The number of hydrogen-bond acceptors (Lipinski definition) is 4. The van der Waals surface area contributed by atoms with E-state index in [2.05, 4.69) is 27.2 Å². The molecule has 1 amide bonds. The molecule has 0 bridgehead atoms. The Bertz CT molecular complexity index is 744. The Labute approximate surface area is 149 Å². The average molecular weight is 341 g/mol. The van der Waals surface area contributed by atoms with Crippen molar-refractivity contribution in [2.45, 2.75) is 46.1 Å². The van der Waals surface area contributed by atoms with Gasteiger partial charge in [0.1, 0.15) is 5.82 Å². The second-order valence-corrected chi connectivity index (χ2v) is 6.95. The van der Waals surface area contributed by atoms with Crippen molar-refractivity contribution in [2.24, 2.45) is 7.05 Å². The Morgan fingerprint density at radius 1 is 1.28 bits per heavy atom. The van der Waals surface area contributed by atoms with Crippen LogP contribution in [-0.2, 0) is 13.5 Å². The van der Waals surface area contributed by atoms with Crippen molar-refractivity contribution < 1.29 is 4.79 Å². The summed E-state index contributed by atoms with van der Waals surface area (Å²) in [5, 5.41) is 7.51. The molecule has 0 aromatic carbocycles. The lowest BCUT2D eigenvalue weighted by molar-refractivity contribution is 0.0939. The number of carbonyl (C=O) groups excluding carboxylic acids is 1.